The van der Waals surface area contributed by atoms with Gasteiger partial charge in [-0.15, -0.1) is 0 Å². The fourth-order valence-electron chi connectivity index (χ4n) is 1.63. The molecule has 0 bridgehead atoms. The van der Waals surface area contributed by atoms with E-state index in [0.29, 0.717) is 23.6 Å². The molecule has 0 saturated heterocycles. The Bertz CT molecular complexity index is 564. The van der Waals surface area contributed by atoms with Gasteiger partial charge in [0.05, 0.1) is 5.69 Å². The molecule has 2 rings (SSSR count). The van der Waals surface area contributed by atoms with Crippen molar-refractivity contribution in [2.24, 2.45) is 0 Å². The lowest BCUT2D eigenvalue weighted by molar-refractivity contribution is 0.102. The Balaban J connectivity index is 2.14. The largest absolute Gasteiger partial charge is 0.487 e. The van der Waals surface area contributed by atoms with Crippen LogP contribution >= 0.6 is 0 Å². The van der Waals surface area contributed by atoms with E-state index in [1.807, 2.05) is 36.4 Å². The summed E-state index contributed by atoms with van der Waals surface area (Å²) < 4.78 is 5.49. The maximum atomic E-state index is 12.1. The van der Waals surface area contributed by atoms with Crippen molar-refractivity contribution in [1.82, 2.24) is 0 Å². The Morgan fingerprint density at radius 3 is 2.53 bits per heavy atom. The molecule has 0 fully saturated rings. The molecule has 1 N–H and O–H groups in total. The van der Waals surface area contributed by atoms with Gasteiger partial charge in [-0.2, -0.15) is 0 Å². The molecule has 19 heavy (non-hydrogen) atoms. The van der Waals surface area contributed by atoms with Gasteiger partial charge in [0.25, 0.3) is 5.91 Å². The molecule has 0 atom stereocenters. The molecule has 3 heteroatoms. The fraction of sp³-hybridized carbons (Fsp3) is 0.0625. The van der Waals surface area contributed by atoms with Crippen molar-refractivity contribution in [3.63, 3.8) is 0 Å². The summed E-state index contributed by atoms with van der Waals surface area (Å²) in [6.45, 7) is 4.00. The first-order chi connectivity index (χ1) is 9.31. The molecule has 0 saturated carbocycles. The van der Waals surface area contributed by atoms with Gasteiger partial charge in [-0.25, -0.2) is 0 Å². The number of carbonyl (C=O) groups excluding carboxylic acids is 1. The zero-order valence-electron chi connectivity index (χ0n) is 10.5. The standard InChI is InChI=1S/C16H15NO2/c1-2-12-19-15-11-7-6-10-14(15)17-16(18)13-8-4-3-5-9-13/h2-11H,1,12H2,(H,17,18). The molecule has 0 aromatic heterocycles. The number of hydrogen-bond acceptors (Lipinski definition) is 2. The quantitative estimate of drug-likeness (QED) is 0.828. The molecule has 0 unspecified atom stereocenters. The van der Waals surface area contributed by atoms with Crippen molar-refractivity contribution in [2.45, 2.75) is 0 Å². The molecule has 1 amide bonds. The Kier molecular flexibility index (Phi) is 4.34. The molecule has 96 valence electrons. The molecule has 0 aliphatic heterocycles. The van der Waals surface area contributed by atoms with E-state index in [1.54, 1.807) is 24.3 Å². The summed E-state index contributed by atoms with van der Waals surface area (Å²) in [7, 11) is 0. The van der Waals surface area contributed by atoms with Gasteiger partial charge in [-0.3, -0.25) is 4.79 Å². The molecule has 2 aromatic rings. The molecule has 0 aliphatic rings. The summed E-state index contributed by atoms with van der Waals surface area (Å²) in [5, 5.41) is 2.84. The first kappa shape index (κ1) is 12.9. The smallest absolute Gasteiger partial charge is 0.255 e. The molecule has 2 aromatic carbocycles. The van der Waals surface area contributed by atoms with Crippen LogP contribution in [0.2, 0.25) is 0 Å². The van der Waals surface area contributed by atoms with Crippen molar-refractivity contribution < 1.29 is 9.53 Å². The molecular weight excluding hydrogens is 238 g/mol. The van der Waals surface area contributed by atoms with Gasteiger partial charge in [0, 0.05) is 5.56 Å². The van der Waals surface area contributed by atoms with Crippen LogP contribution in [0.4, 0.5) is 5.69 Å². The van der Waals surface area contributed by atoms with Crippen LogP contribution < -0.4 is 10.1 Å². The summed E-state index contributed by atoms with van der Waals surface area (Å²) in [4.78, 5) is 12.1. The monoisotopic (exact) mass is 253 g/mol. The lowest BCUT2D eigenvalue weighted by atomic mass is 10.2. The van der Waals surface area contributed by atoms with E-state index in [0.717, 1.165) is 0 Å². The van der Waals surface area contributed by atoms with Crippen molar-refractivity contribution in [3.8, 4) is 5.75 Å². The van der Waals surface area contributed by atoms with Crippen LogP contribution in [-0.4, -0.2) is 12.5 Å². The van der Waals surface area contributed by atoms with Crippen molar-refractivity contribution in [1.29, 1.82) is 0 Å². The first-order valence-electron chi connectivity index (χ1n) is 6.00. The highest BCUT2D eigenvalue weighted by Gasteiger charge is 2.08. The number of rotatable bonds is 5. The zero-order valence-corrected chi connectivity index (χ0v) is 10.5. The lowest BCUT2D eigenvalue weighted by Crippen LogP contribution is -2.12. The molecule has 0 radical (unpaired) electrons. The van der Waals surface area contributed by atoms with E-state index in [9.17, 15) is 4.79 Å². The third kappa shape index (κ3) is 3.45. The fourth-order valence-corrected chi connectivity index (χ4v) is 1.63. The second-order valence-electron chi connectivity index (χ2n) is 3.92. The number of amides is 1. The first-order valence-corrected chi connectivity index (χ1v) is 6.00. The maximum absolute atomic E-state index is 12.1. The number of para-hydroxylation sites is 2. The Hall–Kier alpha value is -2.55. The highest BCUT2D eigenvalue weighted by atomic mass is 16.5. The number of benzene rings is 2. The number of carbonyl (C=O) groups is 1. The number of nitrogens with one attached hydrogen (secondary N) is 1. The van der Waals surface area contributed by atoms with Crippen LogP contribution in [0.25, 0.3) is 0 Å². The predicted molar refractivity (Wildman–Crippen MR) is 76.5 cm³/mol. The second-order valence-corrected chi connectivity index (χ2v) is 3.92. The minimum Gasteiger partial charge on any atom is -0.487 e. The van der Waals surface area contributed by atoms with Crippen LogP contribution in [0.5, 0.6) is 5.75 Å². The Morgan fingerprint density at radius 1 is 1.11 bits per heavy atom. The summed E-state index contributed by atoms with van der Waals surface area (Å²) in [5.41, 5.74) is 1.26. The van der Waals surface area contributed by atoms with Gasteiger partial charge >= 0.3 is 0 Å². The normalized spacial score (nSPS) is 9.68. The van der Waals surface area contributed by atoms with Crippen LogP contribution in [0, 0.1) is 0 Å². The number of ether oxygens (including phenoxy) is 1. The van der Waals surface area contributed by atoms with E-state index in [4.69, 9.17) is 4.74 Å². The predicted octanol–water partition coefficient (Wildman–Crippen LogP) is 3.50. The lowest BCUT2D eigenvalue weighted by Gasteiger charge is -2.11. The molecule has 0 heterocycles. The average Bonchev–Trinajstić information content (AvgIpc) is 2.47. The summed E-state index contributed by atoms with van der Waals surface area (Å²) in [6, 6.07) is 16.4. The maximum Gasteiger partial charge on any atom is 0.255 e. The van der Waals surface area contributed by atoms with Gasteiger partial charge in [-0.05, 0) is 24.3 Å². The minimum atomic E-state index is -0.157. The van der Waals surface area contributed by atoms with Gasteiger partial charge in [0.1, 0.15) is 12.4 Å². The van der Waals surface area contributed by atoms with E-state index < -0.39 is 0 Å². The van der Waals surface area contributed by atoms with E-state index in [2.05, 4.69) is 11.9 Å². The molecule has 3 nitrogen and oxygen atoms in total. The zero-order chi connectivity index (χ0) is 13.5. The summed E-state index contributed by atoms with van der Waals surface area (Å²) >= 11 is 0. The topological polar surface area (TPSA) is 38.3 Å². The van der Waals surface area contributed by atoms with Crippen LogP contribution in [0.1, 0.15) is 10.4 Å². The third-order valence-electron chi connectivity index (χ3n) is 2.53. The molecule has 0 spiro atoms. The van der Waals surface area contributed by atoms with Gasteiger partial charge in [0.2, 0.25) is 0 Å². The number of hydrogen-bond donors (Lipinski definition) is 1. The summed E-state index contributed by atoms with van der Waals surface area (Å²) in [5.74, 6) is 0.474. The van der Waals surface area contributed by atoms with Gasteiger partial charge in [-0.1, -0.05) is 43.0 Å². The van der Waals surface area contributed by atoms with Crippen molar-refractivity contribution in [3.05, 3.63) is 72.8 Å². The van der Waals surface area contributed by atoms with Crippen LogP contribution in [0.15, 0.2) is 67.3 Å². The number of anilines is 1. The SMILES string of the molecule is C=CCOc1ccccc1NC(=O)c1ccccc1. The van der Waals surface area contributed by atoms with Crippen molar-refractivity contribution >= 4 is 11.6 Å². The highest BCUT2D eigenvalue weighted by Crippen LogP contribution is 2.24. The second kappa shape index (κ2) is 6.40. The third-order valence-corrected chi connectivity index (χ3v) is 2.53. The van der Waals surface area contributed by atoms with E-state index in [1.165, 1.54) is 0 Å². The van der Waals surface area contributed by atoms with Crippen molar-refractivity contribution in [2.75, 3.05) is 11.9 Å². The van der Waals surface area contributed by atoms with E-state index in [-0.39, 0.29) is 5.91 Å². The average molecular weight is 253 g/mol. The van der Waals surface area contributed by atoms with Gasteiger partial charge < -0.3 is 10.1 Å². The Morgan fingerprint density at radius 2 is 1.79 bits per heavy atom. The Labute approximate surface area is 112 Å². The highest BCUT2D eigenvalue weighted by molar-refractivity contribution is 6.04. The van der Waals surface area contributed by atoms with Crippen LogP contribution in [0.3, 0.4) is 0 Å². The minimum absolute atomic E-state index is 0.157. The van der Waals surface area contributed by atoms with Gasteiger partial charge in [0.15, 0.2) is 0 Å². The van der Waals surface area contributed by atoms with Crippen LogP contribution in [-0.2, 0) is 0 Å². The van der Waals surface area contributed by atoms with E-state index >= 15 is 0 Å². The summed E-state index contributed by atoms with van der Waals surface area (Å²) in [6.07, 6.45) is 1.66. The molecular formula is C16H15NO2. The molecule has 0 aliphatic carbocycles.